The maximum Gasteiger partial charge on any atom is 0.0545 e. The lowest BCUT2D eigenvalue weighted by Crippen LogP contribution is -2.35. The minimum Gasteiger partial charge on any atom is -0.363 e. The first kappa shape index (κ1) is 16.1. The van der Waals surface area contributed by atoms with Gasteiger partial charge < -0.3 is 9.80 Å². The number of aryl methyl sites for hydroxylation is 1. The molecule has 2 aromatic carbocycles. The summed E-state index contributed by atoms with van der Waals surface area (Å²) in [4.78, 5) is 4.89. The van der Waals surface area contributed by atoms with Crippen molar-refractivity contribution in [2.45, 2.75) is 31.7 Å². The average molecular weight is 308 g/mol. The molecule has 1 aliphatic carbocycles. The van der Waals surface area contributed by atoms with Crippen molar-refractivity contribution in [3.8, 4) is 0 Å². The predicted molar refractivity (Wildman–Crippen MR) is 99.1 cm³/mol. The Hall–Kier alpha value is -1.80. The molecule has 23 heavy (non-hydrogen) atoms. The van der Waals surface area contributed by atoms with Gasteiger partial charge in [-0.15, -0.1) is 0 Å². The maximum absolute atomic E-state index is 2.62. The highest BCUT2D eigenvalue weighted by atomic mass is 15.2. The molecule has 0 spiro atoms. The van der Waals surface area contributed by atoms with E-state index in [4.69, 9.17) is 0 Å². The zero-order valence-corrected chi connectivity index (χ0v) is 14.4. The molecule has 1 aliphatic rings. The van der Waals surface area contributed by atoms with E-state index in [-0.39, 0.29) is 0 Å². The Morgan fingerprint density at radius 2 is 1.61 bits per heavy atom. The lowest BCUT2D eigenvalue weighted by Gasteiger charge is -2.35. The van der Waals surface area contributed by atoms with E-state index in [2.05, 4.69) is 78.5 Å². The van der Waals surface area contributed by atoms with Crippen LogP contribution >= 0.6 is 0 Å². The second-order valence-electron chi connectivity index (χ2n) is 6.79. The van der Waals surface area contributed by atoms with E-state index in [1.165, 1.54) is 36.9 Å². The molecule has 0 bridgehead atoms. The van der Waals surface area contributed by atoms with Crippen LogP contribution in [-0.4, -0.2) is 32.1 Å². The average Bonchev–Trinajstić information content (AvgIpc) is 2.79. The Kier molecular flexibility index (Phi) is 5.35. The molecular weight excluding hydrogens is 280 g/mol. The van der Waals surface area contributed by atoms with Gasteiger partial charge in [-0.25, -0.2) is 0 Å². The summed E-state index contributed by atoms with van der Waals surface area (Å²) < 4.78 is 0. The minimum atomic E-state index is 0.496. The van der Waals surface area contributed by atoms with Crippen LogP contribution in [0.5, 0.6) is 0 Å². The molecule has 3 rings (SSSR count). The summed E-state index contributed by atoms with van der Waals surface area (Å²) in [5, 5.41) is 0. The fourth-order valence-corrected chi connectivity index (χ4v) is 3.61. The number of rotatable bonds is 5. The van der Waals surface area contributed by atoms with Gasteiger partial charge in [-0.1, -0.05) is 48.9 Å². The monoisotopic (exact) mass is 308 g/mol. The zero-order valence-electron chi connectivity index (χ0n) is 14.4. The Morgan fingerprint density at radius 3 is 2.39 bits per heavy atom. The lowest BCUT2D eigenvalue weighted by atomic mass is 9.97. The summed E-state index contributed by atoms with van der Waals surface area (Å²) >= 11 is 0. The number of fused-ring (bicyclic) bond motifs is 1. The number of hydrogen-bond donors (Lipinski definition) is 0. The van der Waals surface area contributed by atoms with Gasteiger partial charge in [0.05, 0.1) is 6.04 Å². The molecule has 0 aliphatic heterocycles. The predicted octanol–water partition coefficient (Wildman–Crippen LogP) is 4.52. The van der Waals surface area contributed by atoms with Gasteiger partial charge >= 0.3 is 0 Å². The third-order valence-electron chi connectivity index (χ3n) is 4.84. The van der Waals surface area contributed by atoms with Crippen LogP contribution in [0, 0.1) is 0 Å². The van der Waals surface area contributed by atoms with Gasteiger partial charge in [-0.2, -0.15) is 0 Å². The molecule has 0 saturated heterocycles. The molecule has 0 fully saturated rings. The van der Waals surface area contributed by atoms with Crippen molar-refractivity contribution in [3.63, 3.8) is 0 Å². The molecule has 2 heteroatoms. The van der Waals surface area contributed by atoms with E-state index < -0.39 is 0 Å². The first-order valence-electron chi connectivity index (χ1n) is 8.80. The quantitative estimate of drug-likeness (QED) is 0.749. The van der Waals surface area contributed by atoms with Crippen LogP contribution in [-0.2, 0) is 6.42 Å². The molecule has 0 aromatic heterocycles. The van der Waals surface area contributed by atoms with Crippen molar-refractivity contribution in [1.29, 1.82) is 0 Å². The van der Waals surface area contributed by atoms with Crippen LogP contribution < -0.4 is 4.90 Å². The Labute approximate surface area is 140 Å². The molecule has 122 valence electrons. The number of likely N-dealkylation sites (N-methyl/N-ethyl adjacent to an activating group) is 1. The van der Waals surface area contributed by atoms with E-state index >= 15 is 0 Å². The second-order valence-corrected chi connectivity index (χ2v) is 6.79. The summed E-state index contributed by atoms with van der Waals surface area (Å²) in [7, 11) is 4.31. The normalized spacial score (nSPS) is 17.6. The zero-order chi connectivity index (χ0) is 16.1. The maximum atomic E-state index is 2.62. The highest BCUT2D eigenvalue weighted by Gasteiger charge is 2.24. The minimum absolute atomic E-state index is 0.496. The molecule has 2 aromatic rings. The van der Waals surface area contributed by atoms with Crippen molar-refractivity contribution < 1.29 is 0 Å². The largest absolute Gasteiger partial charge is 0.363 e. The molecule has 1 atom stereocenters. The third kappa shape index (κ3) is 3.94. The molecule has 0 radical (unpaired) electrons. The Morgan fingerprint density at radius 1 is 0.870 bits per heavy atom. The standard InChI is InChI=1S/C21H28N2/c1-22(2)16-17-23(19-12-4-3-5-13-19)21-15-9-7-11-18-10-6-8-14-20(18)21/h3-6,8,10,12-14,21H,7,9,11,15-17H2,1-2H3. The summed E-state index contributed by atoms with van der Waals surface area (Å²) in [5.41, 5.74) is 4.42. The Bertz CT molecular complexity index is 606. The van der Waals surface area contributed by atoms with Crippen LogP contribution in [0.3, 0.4) is 0 Å². The van der Waals surface area contributed by atoms with E-state index in [1.807, 2.05) is 0 Å². The van der Waals surface area contributed by atoms with E-state index in [0.717, 1.165) is 13.1 Å². The molecule has 0 amide bonds. The molecule has 0 saturated carbocycles. The van der Waals surface area contributed by atoms with Crippen molar-refractivity contribution in [1.82, 2.24) is 4.90 Å². The van der Waals surface area contributed by atoms with Crippen molar-refractivity contribution in [3.05, 3.63) is 65.7 Å². The highest BCUT2D eigenvalue weighted by molar-refractivity contribution is 5.50. The van der Waals surface area contributed by atoms with Gasteiger partial charge in [0, 0.05) is 18.8 Å². The van der Waals surface area contributed by atoms with Gasteiger partial charge in [0.15, 0.2) is 0 Å². The van der Waals surface area contributed by atoms with Crippen molar-refractivity contribution >= 4 is 5.69 Å². The Balaban J connectivity index is 1.95. The van der Waals surface area contributed by atoms with Gasteiger partial charge in [0.25, 0.3) is 0 Å². The molecule has 0 N–H and O–H groups in total. The first-order chi connectivity index (χ1) is 11.3. The van der Waals surface area contributed by atoms with Gasteiger partial charge in [-0.3, -0.25) is 0 Å². The fraction of sp³-hybridized carbons (Fsp3) is 0.429. The number of hydrogen-bond acceptors (Lipinski definition) is 2. The van der Waals surface area contributed by atoms with Gasteiger partial charge in [0.1, 0.15) is 0 Å². The van der Waals surface area contributed by atoms with Crippen LogP contribution in [0.4, 0.5) is 5.69 Å². The molecular formula is C21H28N2. The smallest absolute Gasteiger partial charge is 0.0545 e. The van der Waals surface area contributed by atoms with Gasteiger partial charge in [-0.05, 0) is 56.6 Å². The van der Waals surface area contributed by atoms with Gasteiger partial charge in [0.2, 0.25) is 0 Å². The number of benzene rings is 2. The lowest BCUT2D eigenvalue weighted by molar-refractivity contribution is 0.401. The summed E-state index contributed by atoms with van der Waals surface area (Å²) in [6.45, 7) is 2.14. The summed E-state index contributed by atoms with van der Waals surface area (Å²) in [6.07, 6.45) is 5.09. The van der Waals surface area contributed by atoms with Crippen molar-refractivity contribution in [2.24, 2.45) is 0 Å². The summed E-state index contributed by atoms with van der Waals surface area (Å²) in [5.74, 6) is 0. The molecule has 0 heterocycles. The van der Waals surface area contributed by atoms with Crippen molar-refractivity contribution in [2.75, 3.05) is 32.1 Å². The number of nitrogens with zero attached hydrogens (tertiary/aromatic N) is 2. The van der Waals surface area contributed by atoms with E-state index in [1.54, 1.807) is 5.56 Å². The summed E-state index contributed by atoms with van der Waals surface area (Å²) in [6, 6.07) is 20.5. The number of para-hydroxylation sites is 1. The first-order valence-corrected chi connectivity index (χ1v) is 8.80. The fourth-order valence-electron chi connectivity index (χ4n) is 3.61. The number of anilines is 1. The van der Waals surface area contributed by atoms with Crippen LogP contribution in [0.25, 0.3) is 0 Å². The highest BCUT2D eigenvalue weighted by Crippen LogP contribution is 2.35. The van der Waals surface area contributed by atoms with E-state index in [9.17, 15) is 0 Å². The van der Waals surface area contributed by atoms with E-state index in [0.29, 0.717) is 6.04 Å². The molecule has 2 nitrogen and oxygen atoms in total. The van der Waals surface area contributed by atoms with Crippen LogP contribution in [0.1, 0.15) is 36.4 Å². The van der Waals surface area contributed by atoms with Crippen LogP contribution in [0.15, 0.2) is 54.6 Å². The second kappa shape index (κ2) is 7.65. The van der Waals surface area contributed by atoms with Crippen LogP contribution in [0.2, 0.25) is 0 Å². The topological polar surface area (TPSA) is 6.48 Å². The third-order valence-corrected chi connectivity index (χ3v) is 4.84. The SMILES string of the molecule is CN(C)CCN(c1ccccc1)C1CCCCc2ccccc21. The molecule has 1 unspecified atom stereocenters.